The molecule has 1 aromatic carbocycles. The summed E-state index contributed by atoms with van der Waals surface area (Å²) in [5.74, 6) is 1.05. The summed E-state index contributed by atoms with van der Waals surface area (Å²) in [5, 5.41) is 6.65. The van der Waals surface area contributed by atoms with Crippen LogP contribution < -0.4 is 15.4 Å². The lowest BCUT2D eigenvalue weighted by Crippen LogP contribution is -2.35. The molecule has 1 aromatic rings. The molecule has 0 radical (unpaired) electrons. The Kier molecular flexibility index (Phi) is 6.09. The number of hydrogen-bond acceptors (Lipinski definition) is 4. The molecule has 6 heteroatoms. The SMILES string of the molecule is CCC(NC(=O)C1CC12CCNCC2)c1ccccc1OCC(=O)N1CCCC1. The zero-order chi connectivity index (χ0) is 20.3. The zero-order valence-corrected chi connectivity index (χ0v) is 17.4. The van der Waals surface area contributed by atoms with E-state index in [9.17, 15) is 9.59 Å². The molecule has 29 heavy (non-hydrogen) atoms. The Morgan fingerprint density at radius 3 is 2.69 bits per heavy atom. The maximum Gasteiger partial charge on any atom is 0.260 e. The van der Waals surface area contributed by atoms with E-state index >= 15 is 0 Å². The monoisotopic (exact) mass is 399 g/mol. The number of likely N-dealkylation sites (tertiary alicyclic amines) is 1. The molecule has 1 saturated carbocycles. The van der Waals surface area contributed by atoms with Gasteiger partial charge < -0.3 is 20.3 Å². The van der Waals surface area contributed by atoms with Gasteiger partial charge in [0.25, 0.3) is 5.91 Å². The molecular weight excluding hydrogens is 366 g/mol. The van der Waals surface area contributed by atoms with Crippen LogP contribution in [0.5, 0.6) is 5.75 Å². The van der Waals surface area contributed by atoms with Crippen LogP contribution in [0.3, 0.4) is 0 Å². The molecule has 0 aromatic heterocycles. The van der Waals surface area contributed by atoms with Gasteiger partial charge in [-0.15, -0.1) is 0 Å². The lowest BCUT2D eigenvalue weighted by atomic mass is 9.91. The van der Waals surface area contributed by atoms with Crippen LogP contribution in [0.2, 0.25) is 0 Å². The minimum atomic E-state index is -0.0973. The Hall–Kier alpha value is -2.08. The lowest BCUT2D eigenvalue weighted by Gasteiger charge is -2.25. The van der Waals surface area contributed by atoms with Crippen LogP contribution in [0, 0.1) is 11.3 Å². The number of hydrogen-bond donors (Lipinski definition) is 2. The Bertz CT molecular complexity index is 739. The zero-order valence-electron chi connectivity index (χ0n) is 17.4. The third-order valence-electron chi connectivity index (χ3n) is 6.93. The summed E-state index contributed by atoms with van der Waals surface area (Å²) in [7, 11) is 0. The first-order chi connectivity index (χ1) is 14.1. The standard InChI is InChI=1S/C23H33N3O3/c1-2-19(25-22(28)18-15-23(18)9-11-24-12-10-23)17-7-3-4-8-20(17)29-16-21(27)26-13-5-6-14-26/h3-4,7-8,18-19,24H,2,5-6,9-16H2,1H3,(H,25,28). The third-order valence-corrected chi connectivity index (χ3v) is 6.93. The van der Waals surface area contributed by atoms with Gasteiger partial charge in [0.2, 0.25) is 5.91 Å². The van der Waals surface area contributed by atoms with Crippen LogP contribution in [-0.4, -0.2) is 49.5 Å². The van der Waals surface area contributed by atoms with E-state index in [1.54, 1.807) is 0 Å². The lowest BCUT2D eigenvalue weighted by molar-refractivity contribution is -0.132. The fourth-order valence-electron chi connectivity index (χ4n) is 4.96. The first kappa shape index (κ1) is 20.2. The van der Waals surface area contributed by atoms with Crippen LogP contribution in [-0.2, 0) is 9.59 Å². The van der Waals surface area contributed by atoms with Gasteiger partial charge in [0.15, 0.2) is 6.61 Å². The Morgan fingerprint density at radius 1 is 1.24 bits per heavy atom. The molecule has 2 atom stereocenters. The number of carbonyl (C=O) groups excluding carboxylic acids is 2. The molecule has 2 heterocycles. The van der Waals surface area contributed by atoms with Crippen molar-refractivity contribution in [3.63, 3.8) is 0 Å². The van der Waals surface area contributed by atoms with Gasteiger partial charge >= 0.3 is 0 Å². The number of piperidine rings is 1. The van der Waals surface area contributed by atoms with Crippen LogP contribution in [0.15, 0.2) is 24.3 Å². The Labute approximate surface area is 173 Å². The highest BCUT2D eigenvalue weighted by Crippen LogP contribution is 2.58. The molecule has 2 aliphatic heterocycles. The summed E-state index contributed by atoms with van der Waals surface area (Å²) in [6.07, 6.45) is 6.14. The van der Waals surface area contributed by atoms with Crippen molar-refractivity contribution in [2.24, 2.45) is 11.3 Å². The molecule has 6 nitrogen and oxygen atoms in total. The predicted molar refractivity (Wildman–Crippen MR) is 112 cm³/mol. The summed E-state index contributed by atoms with van der Waals surface area (Å²) >= 11 is 0. The van der Waals surface area contributed by atoms with E-state index < -0.39 is 0 Å². The van der Waals surface area contributed by atoms with Gasteiger partial charge in [0.1, 0.15) is 5.75 Å². The maximum absolute atomic E-state index is 12.9. The molecule has 2 amide bonds. The Balaban J connectivity index is 1.38. The van der Waals surface area contributed by atoms with E-state index in [0.29, 0.717) is 5.75 Å². The van der Waals surface area contributed by atoms with Gasteiger partial charge in [-0.1, -0.05) is 25.1 Å². The van der Waals surface area contributed by atoms with Gasteiger partial charge in [-0.2, -0.15) is 0 Å². The molecule has 3 aliphatic rings. The van der Waals surface area contributed by atoms with E-state index in [1.165, 1.54) is 0 Å². The van der Waals surface area contributed by atoms with Gasteiger partial charge in [-0.05, 0) is 63.1 Å². The molecule has 3 fully saturated rings. The van der Waals surface area contributed by atoms with Crippen LogP contribution >= 0.6 is 0 Å². The van der Waals surface area contributed by atoms with Crippen molar-refractivity contribution in [2.45, 2.75) is 51.5 Å². The normalized spacial score (nSPS) is 23.6. The van der Waals surface area contributed by atoms with E-state index in [-0.39, 0.29) is 35.8 Å². The minimum absolute atomic E-state index is 0.0419. The second kappa shape index (κ2) is 8.74. The third kappa shape index (κ3) is 4.42. The summed E-state index contributed by atoms with van der Waals surface area (Å²) in [5.41, 5.74) is 1.18. The minimum Gasteiger partial charge on any atom is -0.483 e. The van der Waals surface area contributed by atoms with E-state index in [4.69, 9.17) is 4.74 Å². The second-order valence-electron chi connectivity index (χ2n) is 8.75. The molecule has 1 aliphatic carbocycles. The van der Waals surface area contributed by atoms with Crippen LogP contribution in [0.25, 0.3) is 0 Å². The Morgan fingerprint density at radius 2 is 1.97 bits per heavy atom. The van der Waals surface area contributed by atoms with Crippen molar-refractivity contribution in [3.8, 4) is 5.75 Å². The average Bonchev–Trinajstić information content (AvgIpc) is 3.17. The summed E-state index contributed by atoms with van der Waals surface area (Å²) in [6, 6.07) is 7.67. The quantitative estimate of drug-likeness (QED) is 0.740. The molecule has 1 spiro atoms. The number of amides is 2. The first-order valence-corrected chi connectivity index (χ1v) is 11.1. The van der Waals surface area contributed by atoms with Crippen molar-refractivity contribution in [1.29, 1.82) is 0 Å². The van der Waals surface area contributed by atoms with E-state index in [2.05, 4.69) is 17.6 Å². The number of nitrogens with zero attached hydrogens (tertiary/aromatic N) is 1. The van der Waals surface area contributed by atoms with Crippen molar-refractivity contribution < 1.29 is 14.3 Å². The molecule has 158 valence electrons. The van der Waals surface area contributed by atoms with Gasteiger partial charge in [-0.3, -0.25) is 9.59 Å². The van der Waals surface area contributed by atoms with E-state index in [1.807, 2.05) is 29.2 Å². The number of benzene rings is 1. The highest BCUT2D eigenvalue weighted by molar-refractivity contribution is 5.83. The number of rotatable bonds is 7. The molecular formula is C23H33N3O3. The number of nitrogens with one attached hydrogen (secondary N) is 2. The van der Waals surface area contributed by atoms with Gasteiger partial charge in [0, 0.05) is 24.6 Å². The smallest absolute Gasteiger partial charge is 0.260 e. The van der Waals surface area contributed by atoms with Crippen molar-refractivity contribution in [2.75, 3.05) is 32.8 Å². The molecule has 0 bridgehead atoms. The second-order valence-corrected chi connectivity index (χ2v) is 8.75. The topological polar surface area (TPSA) is 70.7 Å². The number of para-hydroxylation sites is 1. The molecule has 4 rings (SSSR count). The highest BCUT2D eigenvalue weighted by atomic mass is 16.5. The van der Waals surface area contributed by atoms with Crippen LogP contribution in [0.1, 0.15) is 57.1 Å². The predicted octanol–water partition coefficient (Wildman–Crippen LogP) is 2.64. The van der Waals surface area contributed by atoms with E-state index in [0.717, 1.165) is 70.3 Å². The molecule has 2 unspecified atom stereocenters. The van der Waals surface area contributed by atoms with Gasteiger partial charge in [-0.25, -0.2) is 0 Å². The average molecular weight is 400 g/mol. The van der Waals surface area contributed by atoms with Crippen LogP contribution in [0.4, 0.5) is 0 Å². The number of ether oxygens (including phenoxy) is 1. The van der Waals surface area contributed by atoms with Crippen molar-refractivity contribution in [1.82, 2.24) is 15.5 Å². The first-order valence-electron chi connectivity index (χ1n) is 11.1. The summed E-state index contributed by atoms with van der Waals surface area (Å²) in [4.78, 5) is 27.2. The maximum atomic E-state index is 12.9. The van der Waals surface area contributed by atoms with Crippen molar-refractivity contribution >= 4 is 11.8 Å². The fraction of sp³-hybridized carbons (Fsp3) is 0.652. The molecule has 2 saturated heterocycles. The fourth-order valence-corrected chi connectivity index (χ4v) is 4.96. The summed E-state index contributed by atoms with van der Waals surface area (Å²) < 4.78 is 5.91. The largest absolute Gasteiger partial charge is 0.483 e. The highest BCUT2D eigenvalue weighted by Gasteiger charge is 2.57. The number of carbonyl (C=O) groups is 2. The van der Waals surface area contributed by atoms with Crippen molar-refractivity contribution in [3.05, 3.63) is 29.8 Å². The van der Waals surface area contributed by atoms with Gasteiger partial charge in [0.05, 0.1) is 6.04 Å². The summed E-state index contributed by atoms with van der Waals surface area (Å²) in [6.45, 7) is 5.82. The molecule has 2 N–H and O–H groups in total.